The van der Waals surface area contributed by atoms with Crippen LogP contribution in [0.25, 0.3) is 11.4 Å². The van der Waals surface area contributed by atoms with Crippen LogP contribution in [0.4, 0.5) is 4.39 Å². The van der Waals surface area contributed by atoms with Crippen molar-refractivity contribution in [2.75, 3.05) is 18.8 Å². The Bertz CT molecular complexity index is 1010. The molecule has 0 radical (unpaired) electrons. The van der Waals surface area contributed by atoms with Gasteiger partial charge in [-0.05, 0) is 36.5 Å². The highest BCUT2D eigenvalue weighted by Crippen LogP contribution is 2.27. The summed E-state index contributed by atoms with van der Waals surface area (Å²) in [6.07, 6.45) is 2.23. The van der Waals surface area contributed by atoms with Crippen molar-refractivity contribution in [3.05, 3.63) is 66.0 Å². The Kier molecular flexibility index (Phi) is 6.47. The number of piperidine rings is 1. The molecule has 156 valence electrons. The van der Waals surface area contributed by atoms with Gasteiger partial charge in [0.15, 0.2) is 11.0 Å². The second-order valence-electron chi connectivity index (χ2n) is 7.73. The number of thioether (sulfide) groups is 1. The number of halogens is 1. The standard InChI is InChI=1S/C23H25FN4OS/c1-17-8-7-13-27(14-17)21(29)16-30-23-26-25-22(19-11-5-6-12-20(19)24)28(23)15-18-9-3-2-4-10-18/h2-6,9-12,17H,7-8,13-16H2,1H3/t17-/m0/s1. The Morgan fingerprint density at radius 3 is 2.67 bits per heavy atom. The number of carbonyl (C=O) groups is 1. The number of benzene rings is 2. The Morgan fingerprint density at radius 1 is 1.13 bits per heavy atom. The Balaban J connectivity index is 1.58. The maximum absolute atomic E-state index is 14.4. The number of hydrogen-bond donors (Lipinski definition) is 0. The van der Waals surface area contributed by atoms with Crippen molar-refractivity contribution >= 4 is 17.7 Å². The predicted octanol–water partition coefficient (Wildman–Crippen LogP) is 4.48. The number of amides is 1. The number of aromatic nitrogens is 3. The largest absolute Gasteiger partial charge is 0.342 e. The third-order valence-corrected chi connectivity index (χ3v) is 6.30. The highest BCUT2D eigenvalue weighted by atomic mass is 32.2. The molecule has 3 aromatic rings. The van der Waals surface area contributed by atoms with Gasteiger partial charge in [-0.15, -0.1) is 10.2 Å². The highest BCUT2D eigenvalue weighted by molar-refractivity contribution is 7.99. The summed E-state index contributed by atoms with van der Waals surface area (Å²) in [6.45, 7) is 4.33. The van der Waals surface area contributed by atoms with Gasteiger partial charge in [0.1, 0.15) is 5.82 Å². The van der Waals surface area contributed by atoms with E-state index in [2.05, 4.69) is 17.1 Å². The van der Waals surface area contributed by atoms with Gasteiger partial charge in [-0.3, -0.25) is 9.36 Å². The molecule has 0 saturated carbocycles. The molecule has 0 spiro atoms. The van der Waals surface area contributed by atoms with E-state index in [1.165, 1.54) is 24.2 Å². The lowest BCUT2D eigenvalue weighted by Gasteiger charge is -2.30. The molecule has 30 heavy (non-hydrogen) atoms. The van der Waals surface area contributed by atoms with Gasteiger partial charge in [0.05, 0.1) is 17.9 Å². The summed E-state index contributed by atoms with van der Waals surface area (Å²) < 4.78 is 16.3. The summed E-state index contributed by atoms with van der Waals surface area (Å²) in [6, 6.07) is 16.5. The summed E-state index contributed by atoms with van der Waals surface area (Å²) >= 11 is 1.37. The molecule has 0 aliphatic carbocycles. The Hall–Kier alpha value is -2.67. The minimum Gasteiger partial charge on any atom is -0.342 e. The lowest BCUT2D eigenvalue weighted by Crippen LogP contribution is -2.40. The molecule has 4 rings (SSSR count). The average molecular weight is 425 g/mol. The molecule has 1 aromatic heterocycles. The predicted molar refractivity (Wildman–Crippen MR) is 117 cm³/mol. The van der Waals surface area contributed by atoms with Crippen molar-refractivity contribution in [1.82, 2.24) is 19.7 Å². The fourth-order valence-electron chi connectivity index (χ4n) is 3.78. The monoisotopic (exact) mass is 424 g/mol. The normalized spacial score (nSPS) is 16.6. The summed E-state index contributed by atoms with van der Waals surface area (Å²) in [4.78, 5) is 14.6. The fourth-order valence-corrected chi connectivity index (χ4v) is 4.62. The molecule has 5 nitrogen and oxygen atoms in total. The molecule has 2 aromatic carbocycles. The number of carbonyl (C=O) groups excluding carboxylic acids is 1. The van der Waals surface area contributed by atoms with Crippen molar-refractivity contribution in [2.24, 2.45) is 5.92 Å². The summed E-state index contributed by atoms with van der Waals surface area (Å²) in [5.41, 5.74) is 1.47. The van der Waals surface area contributed by atoms with Gasteiger partial charge in [-0.2, -0.15) is 0 Å². The van der Waals surface area contributed by atoms with Crippen molar-refractivity contribution in [3.8, 4) is 11.4 Å². The zero-order chi connectivity index (χ0) is 20.9. The maximum atomic E-state index is 14.4. The maximum Gasteiger partial charge on any atom is 0.233 e. The molecule has 0 unspecified atom stereocenters. The fraction of sp³-hybridized carbons (Fsp3) is 0.348. The van der Waals surface area contributed by atoms with E-state index in [4.69, 9.17) is 0 Å². The summed E-state index contributed by atoms with van der Waals surface area (Å²) in [5.74, 6) is 1.10. The van der Waals surface area contributed by atoms with Crippen LogP contribution in [0.2, 0.25) is 0 Å². The number of hydrogen-bond acceptors (Lipinski definition) is 4. The molecule has 1 saturated heterocycles. The van der Waals surface area contributed by atoms with Crippen LogP contribution in [0.15, 0.2) is 59.8 Å². The van der Waals surface area contributed by atoms with Crippen LogP contribution >= 0.6 is 11.8 Å². The van der Waals surface area contributed by atoms with E-state index < -0.39 is 0 Å². The van der Waals surface area contributed by atoms with E-state index in [9.17, 15) is 9.18 Å². The van der Waals surface area contributed by atoms with Crippen LogP contribution in [0.5, 0.6) is 0 Å². The second kappa shape index (κ2) is 9.43. The third kappa shape index (κ3) is 4.73. The molecule has 2 heterocycles. The second-order valence-corrected chi connectivity index (χ2v) is 8.68. The lowest BCUT2D eigenvalue weighted by atomic mass is 10.0. The van der Waals surface area contributed by atoms with E-state index in [-0.39, 0.29) is 11.7 Å². The number of nitrogens with zero attached hydrogens (tertiary/aromatic N) is 4. The highest BCUT2D eigenvalue weighted by Gasteiger charge is 2.23. The molecule has 1 fully saturated rings. The zero-order valence-corrected chi connectivity index (χ0v) is 17.8. The minimum absolute atomic E-state index is 0.119. The first-order valence-electron chi connectivity index (χ1n) is 10.2. The van der Waals surface area contributed by atoms with E-state index in [0.29, 0.717) is 34.8 Å². The van der Waals surface area contributed by atoms with Crippen LogP contribution in [0.1, 0.15) is 25.3 Å². The number of rotatable bonds is 6. The van der Waals surface area contributed by atoms with Crippen LogP contribution in [0.3, 0.4) is 0 Å². The van der Waals surface area contributed by atoms with Gasteiger partial charge in [0, 0.05) is 13.1 Å². The molecule has 0 bridgehead atoms. The van der Waals surface area contributed by atoms with Gasteiger partial charge < -0.3 is 4.90 Å². The van der Waals surface area contributed by atoms with Crippen LogP contribution in [-0.2, 0) is 11.3 Å². The minimum atomic E-state index is -0.339. The van der Waals surface area contributed by atoms with Crippen molar-refractivity contribution in [3.63, 3.8) is 0 Å². The van der Waals surface area contributed by atoms with Crippen molar-refractivity contribution < 1.29 is 9.18 Å². The first-order chi connectivity index (χ1) is 14.6. The summed E-state index contributed by atoms with van der Waals surface area (Å²) in [5, 5.41) is 9.19. The zero-order valence-electron chi connectivity index (χ0n) is 17.0. The molecule has 1 aliphatic rings. The summed E-state index contributed by atoms with van der Waals surface area (Å²) in [7, 11) is 0. The average Bonchev–Trinajstić information content (AvgIpc) is 3.15. The SMILES string of the molecule is C[C@H]1CCCN(C(=O)CSc2nnc(-c3ccccc3F)n2Cc2ccccc2)C1. The Labute approximate surface area is 180 Å². The van der Waals surface area contributed by atoms with Crippen molar-refractivity contribution in [1.29, 1.82) is 0 Å². The Morgan fingerprint density at radius 2 is 1.90 bits per heavy atom. The van der Waals surface area contributed by atoms with Gasteiger partial charge >= 0.3 is 0 Å². The van der Waals surface area contributed by atoms with E-state index in [0.717, 1.165) is 25.1 Å². The molecular formula is C23H25FN4OS. The van der Waals surface area contributed by atoms with Gasteiger partial charge in [-0.25, -0.2) is 4.39 Å². The smallest absolute Gasteiger partial charge is 0.233 e. The quantitative estimate of drug-likeness (QED) is 0.548. The van der Waals surface area contributed by atoms with Crippen LogP contribution in [0, 0.1) is 11.7 Å². The molecule has 1 aliphatic heterocycles. The molecule has 0 N–H and O–H groups in total. The molecule has 7 heteroatoms. The first-order valence-corrected chi connectivity index (χ1v) is 11.2. The van der Waals surface area contributed by atoms with E-state index in [1.54, 1.807) is 18.2 Å². The van der Waals surface area contributed by atoms with Gasteiger partial charge in [0.2, 0.25) is 5.91 Å². The van der Waals surface area contributed by atoms with Crippen molar-refractivity contribution in [2.45, 2.75) is 31.5 Å². The topological polar surface area (TPSA) is 51.0 Å². The van der Waals surface area contributed by atoms with E-state index in [1.807, 2.05) is 39.8 Å². The molecule has 1 atom stereocenters. The van der Waals surface area contributed by atoms with Crippen LogP contribution in [-0.4, -0.2) is 44.4 Å². The van der Waals surface area contributed by atoms with Gasteiger partial charge in [0.25, 0.3) is 0 Å². The first kappa shape index (κ1) is 20.6. The lowest BCUT2D eigenvalue weighted by molar-refractivity contribution is -0.130. The third-order valence-electron chi connectivity index (χ3n) is 5.35. The van der Waals surface area contributed by atoms with Gasteiger partial charge in [-0.1, -0.05) is 61.2 Å². The van der Waals surface area contributed by atoms with E-state index >= 15 is 0 Å². The van der Waals surface area contributed by atoms with Crippen LogP contribution < -0.4 is 0 Å². The molecule has 1 amide bonds. The molecular weight excluding hydrogens is 399 g/mol. The number of likely N-dealkylation sites (tertiary alicyclic amines) is 1.